The highest BCUT2D eigenvalue weighted by molar-refractivity contribution is 9.10. The van der Waals surface area contributed by atoms with Crippen molar-refractivity contribution in [3.8, 4) is 17.2 Å². The van der Waals surface area contributed by atoms with Crippen LogP contribution in [0.2, 0.25) is 0 Å². The number of hydrogen-bond donors (Lipinski definition) is 1. The van der Waals surface area contributed by atoms with Gasteiger partial charge in [-0.05, 0) is 42.8 Å². The molecule has 0 fully saturated rings. The molecule has 2 aromatic rings. The first kappa shape index (κ1) is 14.7. The third kappa shape index (κ3) is 2.48. The number of Topliss-reactive ketones (excluding diaryl/α,β-unsaturated/α-hetero) is 1. The van der Waals surface area contributed by atoms with Crippen molar-refractivity contribution >= 4 is 27.8 Å². The summed E-state index contributed by atoms with van der Waals surface area (Å²) in [4.78, 5) is 12.5. The monoisotopic (exact) mass is 360 g/mol. The van der Waals surface area contributed by atoms with Crippen LogP contribution in [-0.4, -0.2) is 18.0 Å². The Balaban J connectivity index is 2.07. The maximum Gasteiger partial charge on any atom is 0.232 e. The summed E-state index contributed by atoms with van der Waals surface area (Å²) in [5.74, 6) is 1.10. The number of aromatic hydroxyl groups is 1. The molecule has 0 bridgehead atoms. The van der Waals surface area contributed by atoms with Gasteiger partial charge < -0.3 is 14.6 Å². The molecule has 0 saturated heterocycles. The lowest BCUT2D eigenvalue weighted by atomic mass is 10.0. The minimum absolute atomic E-state index is 0.0744. The summed E-state index contributed by atoms with van der Waals surface area (Å²) in [6.07, 6.45) is 1.64. The summed E-state index contributed by atoms with van der Waals surface area (Å²) in [6, 6.07) is 8.49. The lowest BCUT2D eigenvalue weighted by Crippen LogP contribution is -2.00. The quantitative estimate of drug-likeness (QED) is 0.819. The molecule has 1 aliphatic rings. The van der Waals surface area contributed by atoms with Gasteiger partial charge in [0.25, 0.3) is 0 Å². The molecule has 0 aliphatic carbocycles. The molecule has 1 N–H and O–H groups in total. The van der Waals surface area contributed by atoms with Crippen LogP contribution in [0.1, 0.15) is 21.5 Å². The number of phenols is 1. The van der Waals surface area contributed by atoms with Crippen LogP contribution in [0.5, 0.6) is 17.2 Å². The predicted molar refractivity (Wildman–Crippen MR) is 86.5 cm³/mol. The molecule has 0 radical (unpaired) electrons. The second-order valence-corrected chi connectivity index (χ2v) is 5.88. The van der Waals surface area contributed by atoms with Gasteiger partial charge in [-0.3, -0.25) is 4.79 Å². The van der Waals surface area contributed by atoms with Crippen LogP contribution in [0.3, 0.4) is 0 Å². The number of carbonyl (C=O) groups excluding carboxylic acids is 1. The number of halogens is 1. The molecule has 4 nitrogen and oxygen atoms in total. The van der Waals surface area contributed by atoms with Crippen LogP contribution in [0.4, 0.5) is 0 Å². The van der Waals surface area contributed by atoms with Crippen LogP contribution in [0.15, 0.2) is 40.6 Å². The lowest BCUT2D eigenvalue weighted by Gasteiger charge is -2.06. The zero-order chi connectivity index (χ0) is 15.9. The predicted octanol–water partition coefficient (Wildman–Crippen LogP) is 4.09. The van der Waals surface area contributed by atoms with E-state index in [0.717, 1.165) is 10.0 Å². The number of phenolic OH excluding ortho intramolecular Hbond substituents is 1. The lowest BCUT2D eigenvalue weighted by molar-refractivity contribution is 0.101. The highest BCUT2D eigenvalue weighted by Crippen LogP contribution is 2.38. The summed E-state index contributed by atoms with van der Waals surface area (Å²) < 4.78 is 11.8. The molecule has 5 heteroatoms. The highest BCUT2D eigenvalue weighted by atomic mass is 79.9. The van der Waals surface area contributed by atoms with Crippen molar-refractivity contribution in [1.29, 1.82) is 0 Å². The molecule has 22 heavy (non-hydrogen) atoms. The summed E-state index contributed by atoms with van der Waals surface area (Å²) >= 11 is 3.40. The fourth-order valence-electron chi connectivity index (χ4n) is 2.45. The van der Waals surface area contributed by atoms with E-state index in [1.807, 2.05) is 12.1 Å². The fraction of sp³-hybridized carbons (Fsp3) is 0.118. The van der Waals surface area contributed by atoms with Crippen molar-refractivity contribution in [3.63, 3.8) is 0 Å². The first-order chi connectivity index (χ1) is 10.5. The van der Waals surface area contributed by atoms with Gasteiger partial charge in [0.15, 0.2) is 5.76 Å². The van der Waals surface area contributed by atoms with Gasteiger partial charge in [0.05, 0.1) is 12.7 Å². The summed E-state index contributed by atoms with van der Waals surface area (Å²) in [7, 11) is 1.57. The number of ether oxygens (including phenoxy) is 2. The molecule has 112 valence electrons. The fourth-order valence-corrected chi connectivity index (χ4v) is 2.83. The average molecular weight is 361 g/mol. The Bertz CT molecular complexity index is 809. The van der Waals surface area contributed by atoms with Gasteiger partial charge in [0, 0.05) is 16.1 Å². The molecule has 1 aliphatic heterocycles. The van der Waals surface area contributed by atoms with Crippen molar-refractivity contribution in [2.75, 3.05) is 7.11 Å². The topological polar surface area (TPSA) is 55.8 Å². The van der Waals surface area contributed by atoms with E-state index in [4.69, 9.17) is 9.47 Å². The summed E-state index contributed by atoms with van der Waals surface area (Å²) in [5, 5.41) is 9.62. The number of rotatable bonds is 2. The molecule has 3 rings (SSSR count). The SMILES string of the molecule is COc1ccc(Br)cc1/C=C1/Oc2cc(O)cc(C)c2C1=O. The van der Waals surface area contributed by atoms with Crippen molar-refractivity contribution < 1.29 is 19.4 Å². The largest absolute Gasteiger partial charge is 0.508 e. The Morgan fingerprint density at radius 2 is 2.05 bits per heavy atom. The second kappa shape index (κ2) is 5.50. The minimum Gasteiger partial charge on any atom is -0.508 e. The summed E-state index contributed by atoms with van der Waals surface area (Å²) in [5.41, 5.74) is 1.90. The molecule has 0 saturated carbocycles. The maximum atomic E-state index is 12.5. The summed E-state index contributed by atoms with van der Waals surface area (Å²) in [6.45, 7) is 1.77. The van der Waals surface area contributed by atoms with Crippen LogP contribution in [0, 0.1) is 6.92 Å². The van der Waals surface area contributed by atoms with E-state index in [2.05, 4.69) is 15.9 Å². The van der Waals surface area contributed by atoms with Crippen molar-refractivity contribution in [2.45, 2.75) is 6.92 Å². The Labute approximate surface area is 136 Å². The Kier molecular flexibility index (Phi) is 3.66. The third-order valence-electron chi connectivity index (χ3n) is 3.43. The van der Waals surface area contributed by atoms with Crippen LogP contribution >= 0.6 is 15.9 Å². The Hall–Kier alpha value is -2.27. The molecule has 0 amide bonds. The number of allylic oxidation sites excluding steroid dienone is 1. The van der Waals surface area contributed by atoms with Gasteiger partial charge >= 0.3 is 0 Å². The molecule has 1 heterocycles. The average Bonchev–Trinajstić information content (AvgIpc) is 2.75. The Morgan fingerprint density at radius 3 is 2.77 bits per heavy atom. The zero-order valence-electron chi connectivity index (χ0n) is 12.0. The van der Waals surface area contributed by atoms with E-state index >= 15 is 0 Å². The number of aryl methyl sites for hydroxylation is 1. The van der Waals surface area contributed by atoms with Gasteiger partial charge in [-0.25, -0.2) is 0 Å². The van der Waals surface area contributed by atoms with E-state index in [0.29, 0.717) is 22.6 Å². The number of methoxy groups -OCH3 is 1. The van der Waals surface area contributed by atoms with Gasteiger partial charge in [-0.1, -0.05) is 15.9 Å². The molecule has 0 atom stereocenters. The first-order valence-corrected chi connectivity index (χ1v) is 7.40. The maximum absolute atomic E-state index is 12.5. The van der Waals surface area contributed by atoms with Crippen LogP contribution in [0.25, 0.3) is 6.08 Å². The van der Waals surface area contributed by atoms with Crippen molar-refractivity contribution in [2.24, 2.45) is 0 Å². The van der Waals surface area contributed by atoms with E-state index in [1.54, 1.807) is 32.2 Å². The Morgan fingerprint density at radius 1 is 1.27 bits per heavy atom. The normalized spacial score (nSPS) is 14.9. The molecular formula is C17H13BrO4. The molecule has 0 spiro atoms. The zero-order valence-corrected chi connectivity index (χ0v) is 13.6. The van der Waals surface area contributed by atoms with Gasteiger partial charge in [-0.2, -0.15) is 0 Å². The minimum atomic E-state index is -0.200. The number of benzene rings is 2. The number of fused-ring (bicyclic) bond motifs is 1. The standard InChI is InChI=1S/C17H13BrO4/c1-9-5-12(19)8-14-16(9)17(20)15(22-14)7-10-6-11(18)3-4-13(10)21-2/h3-8,19H,1-2H3/b15-7+. The number of ketones is 1. The van der Waals surface area contributed by atoms with Gasteiger partial charge in [-0.15, -0.1) is 0 Å². The van der Waals surface area contributed by atoms with E-state index in [1.165, 1.54) is 6.07 Å². The van der Waals surface area contributed by atoms with E-state index in [-0.39, 0.29) is 17.3 Å². The molecule has 0 aromatic heterocycles. The molecule has 0 unspecified atom stereocenters. The molecule has 2 aromatic carbocycles. The van der Waals surface area contributed by atoms with Crippen LogP contribution in [-0.2, 0) is 0 Å². The smallest absolute Gasteiger partial charge is 0.232 e. The van der Waals surface area contributed by atoms with Crippen molar-refractivity contribution in [1.82, 2.24) is 0 Å². The van der Waals surface area contributed by atoms with Crippen molar-refractivity contribution in [3.05, 3.63) is 57.3 Å². The number of hydrogen-bond acceptors (Lipinski definition) is 4. The second-order valence-electron chi connectivity index (χ2n) is 4.96. The van der Waals surface area contributed by atoms with E-state index in [9.17, 15) is 9.90 Å². The first-order valence-electron chi connectivity index (χ1n) is 6.61. The number of carbonyl (C=O) groups is 1. The molecular weight excluding hydrogens is 348 g/mol. The van der Waals surface area contributed by atoms with Crippen LogP contribution < -0.4 is 9.47 Å². The third-order valence-corrected chi connectivity index (χ3v) is 3.93. The van der Waals surface area contributed by atoms with Gasteiger partial charge in [0.2, 0.25) is 5.78 Å². The van der Waals surface area contributed by atoms with E-state index < -0.39 is 0 Å². The highest BCUT2D eigenvalue weighted by Gasteiger charge is 2.30. The van der Waals surface area contributed by atoms with Gasteiger partial charge in [0.1, 0.15) is 17.2 Å².